The molecule has 1 heterocycles. The Bertz CT molecular complexity index is 1040. The fourth-order valence-corrected chi connectivity index (χ4v) is 5.18. The van der Waals surface area contributed by atoms with Crippen LogP contribution in [0, 0.1) is 0 Å². The van der Waals surface area contributed by atoms with Crippen LogP contribution in [0.5, 0.6) is 11.5 Å². The predicted octanol–water partition coefficient (Wildman–Crippen LogP) is 7.97. The molecule has 4 rings (SSSR count). The van der Waals surface area contributed by atoms with Crippen molar-refractivity contribution in [2.75, 3.05) is 19.7 Å². The number of halogens is 2. The van der Waals surface area contributed by atoms with Crippen LogP contribution < -0.4 is 9.47 Å². The van der Waals surface area contributed by atoms with Crippen molar-refractivity contribution in [1.29, 1.82) is 0 Å². The zero-order valence-corrected chi connectivity index (χ0v) is 21.3. The molecule has 0 spiro atoms. The van der Waals surface area contributed by atoms with Crippen LogP contribution in [0.25, 0.3) is 5.57 Å². The normalized spacial score (nSPS) is 16.4. The molecule has 1 aliphatic heterocycles. The molecular weight excluding hydrogens is 498 g/mol. The van der Waals surface area contributed by atoms with E-state index in [2.05, 4.69) is 63.8 Å². The van der Waals surface area contributed by atoms with E-state index in [0.29, 0.717) is 24.0 Å². The van der Waals surface area contributed by atoms with Gasteiger partial charge in [-0.25, -0.2) is 0 Å². The zero-order valence-electron chi connectivity index (χ0n) is 19.0. The van der Waals surface area contributed by atoms with E-state index in [1.54, 1.807) is 6.08 Å². The third kappa shape index (κ3) is 6.32. The van der Waals surface area contributed by atoms with Gasteiger partial charge in [0.1, 0.15) is 24.7 Å². The summed E-state index contributed by atoms with van der Waals surface area (Å²) in [5.41, 5.74) is 4.60. The topological polar surface area (TPSA) is 21.7 Å². The van der Waals surface area contributed by atoms with Gasteiger partial charge in [-0.2, -0.15) is 0 Å². The molecule has 33 heavy (non-hydrogen) atoms. The number of ether oxygens (including phenoxy) is 2. The Labute approximate surface area is 210 Å². The Morgan fingerprint density at radius 3 is 2.64 bits per heavy atom. The summed E-state index contributed by atoms with van der Waals surface area (Å²) in [6, 6.07) is 10.2. The van der Waals surface area contributed by atoms with Crippen LogP contribution in [0.15, 0.2) is 65.7 Å². The average molecular weight is 529 g/mol. The minimum absolute atomic E-state index is 0.414. The highest BCUT2D eigenvalue weighted by molar-refractivity contribution is 9.10. The molecule has 0 radical (unpaired) electrons. The summed E-state index contributed by atoms with van der Waals surface area (Å²) in [4.78, 5) is 2.47. The number of hydrogen-bond acceptors (Lipinski definition) is 3. The lowest BCUT2D eigenvalue weighted by atomic mass is 9.98. The van der Waals surface area contributed by atoms with Crippen LogP contribution in [0.1, 0.15) is 48.8 Å². The van der Waals surface area contributed by atoms with Crippen molar-refractivity contribution in [2.24, 2.45) is 0 Å². The van der Waals surface area contributed by atoms with E-state index in [9.17, 15) is 0 Å². The van der Waals surface area contributed by atoms with Crippen molar-refractivity contribution >= 4 is 33.1 Å². The van der Waals surface area contributed by atoms with Crippen molar-refractivity contribution in [1.82, 2.24) is 4.90 Å². The Morgan fingerprint density at radius 1 is 1.03 bits per heavy atom. The maximum atomic E-state index is 6.66. The van der Waals surface area contributed by atoms with Gasteiger partial charge in [0.05, 0.1) is 5.02 Å². The second kappa shape index (κ2) is 11.9. The lowest BCUT2D eigenvalue weighted by Gasteiger charge is -2.27. The van der Waals surface area contributed by atoms with E-state index in [4.69, 9.17) is 21.1 Å². The monoisotopic (exact) mass is 527 g/mol. The largest absolute Gasteiger partial charge is 0.489 e. The first kappa shape index (κ1) is 24.1. The van der Waals surface area contributed by atoms with E-state index in [-0.39, 0.29) is 0 Å². The first-order chi connectivity index (χ1) is 16.2. The number of hydrogen-bond donors (Lipinski definition) is 0. The third-order valence-corrected chi connectivity index (χ3v) is 7.31. The minimum atomic E-state index is 0.414. The first-order valence-electron chi connectivity index (χ1n) is 11.7. The molecule has 1 aliphatic carbocycles. The van der Waals surface area contributed by atoms with Gasteiger partial charge in [-0.15, -0.1) is 0 Å². The molecule has 0 saturated carbocycles. The second-order valence-electron chi connectivity index (χ2n) is 8.53. The number of nitrogens with zero attached hydrogens (tertiary/aromatic N) is 1. The van der Waals surface area contributed by atoms with Crippen LogP contribution in [-0.2, 0) is 13.2 Å². The molecule has 0 bridgehead atoms. The van der Waals surface area contributed by atoms with Gasteiger partial charge in [0.25, 0.3) is 0 Å². The van der Waals surface area contributed by atoms with Crippen LogP contribution in [0.3, 0.4) is 0 Å². The molecule has 0 N–H and O–H groups in total. The van der Waals surface area contributed by atoms with Gasteiger partial charge in [0, 0.05) is 28.2 Å². The molecule has 2 aliphatic rings. The number of piperidine rings is 1. The van der Waals surface area contributed by atoms with E-state index in [0.717, 1.165) is 53.8 Å². The van der Waals surface area contributed by atoms with Crippen molar-refractivity contribution in [3.63, 3.8) is 0 Å². The smallest absolute Gasteiger partial charge is 0.142 e. The summed E-state index contributed by atoms with van der Waals surface area (Å²) < 4.78 is 13.2. The van der Waals surface area contributed by atoms with Crippen molar-refractivity contribution in [3.05, 3.63) is 87.4 Å². The molecular formula is C28H31BrClNO2. The molecule has 0 amide bonds. The molecule has 1 fully saturated rings. The minimum Gasteiger partial charge on any atom is -0.489 e. The second-order valence-corrected chi connectivity index (χ2v) is 9.73. The van der Waals surface area contributed by atoms with Gasteiger partial charge in [-0.3, -0.25) is 4.90 Å². The van der Waals surface area contributed by atoms with Crippen LogP contribution in [0.2, 0.25) is 5.02 Å². The lowest BCUT2D eigenvalue weighted by molar-refractivity contribution is 0.217. The molecule has 0 atom stereocenters. The van der Waals surface area contributed by atoms with Gasteiger partial charge < -0.3 is 9.47 Å². The molecule has 2 aromatic rings. The molecule has 3 nitrogen and oxygen atoms in total. The summed E-state index contributed by atoms with van der Waals surface area (Å²) in [5.74, 6) is 1.44. The quantitative estimate of drug-likeness (QED) is 0.308. The van der Waals surface area contributed by atoms with Gasteiger partial charge in [0.2, 0.25) is 0 Å². The molecule has 174 valence electrons. The maximum Gasteiger partial charge on any atom is 0.142 e. The van der Waals surface area contributed by atoms with Gasteiger partial charge in [-0.05, 0) is 71.9 Å². The highest BCUT2D eigenvalue weighted by atomic mass is 79.9. The Hall–Kier alpha value is -2.01. The van der Waals surface area contributed by atoms with Crippen LogP contribution in [0.4, 0.5) is 0 Å². The van der Waals surface area contributed by atoms with E-state index < -0.39 is 0 Å². The van der Waals surface area contributed by atoms with E-state index in [1.165, 1.54) is 30.4 Å². The average Bonchev–Trinajstić information content (AvgIpc) is 2.85. The van der Waals surface area contributed by atoms with Gasteiger partial charge in [0.15, 0.2) is 0 Å². The molecule has 0 unspecified atom stereocenters. The summed E-state index contributed by atoms with van der Waals surface area (Å²) in [6.07, 6.45) is 14.4. The molecule has 1 saturated heterocycles. The fraction of sp³-hybridized carbons (Fsp3) is 0.357. The highest BCUT2D eigenvalue weighted by Gasteiger charge is 2.17. The molecule has 2 aromatic carbocycles. The molecule has 5 heteroatoms. The highest BCUT2D eigenvalue weighted by Crippen LogP contribution is 2.36. The Kier molecular flexibility index (Phi) is 8.71. The van der Waals surface area contributed by atoms with Crippen molar-refractivity contribution < 1.29 is 9.47 Å². The molecule has 0 aromatic heterocycles. The van der Waals surface area contributed by atoms with E-state index >= 15 is 0 Å². The summed E-state index contributed by atoms with van der Waals surface area (Å²) in [5, 5.41) is 0.609. The first-order valence-corrected chi connectivity index (χ1v) is 12.9. The Morgan fingerprint density at radius 2 is 1.88 bits per heavy atom. The van der Waals surface area contributed by atoms with Crippen molar-refractivity contribution in [2.45, 2.75) is 45.3 Å². The summed E-state index contributed by atoms with van der Waals surface area (Å²) in [7, 11) is 0. The standard InChI is InChI=1S/C28H31BrClNO2/c1-2-16-32-26-18-27(25(30)17-23(26)19-31-14-7-4-8-15-31)33-20-22-12-9-13-24(28(22)29)21-10-5-3-6-11-21/h2,5,9-13,17-18H,1,3-4,6-8,14-16,19-20H2. The summed E-state index contributed by atoms with van der Waals surface area (Å²) >= 11 is 10.5. The van der Waals surface area contributed by atoms with Crippen molar-refractivity contribution in [3.8, 4) is 11.5 Å². The number of benzene rings is 2. The number of likely N-dealkylation sites (tertiary alicyclic amines) is 1. The number of allylic oxidation sites excluding steroid dienone is 4. The van der Waals surface area contributed by atoms with Crippen LogP contribution in [-0.4, -0.2) is 24.6 Å². The van der Waals surface area contributed by atoms with E-state index in [1.807, 2.05) is 12.1 Å². The number of rotatable bonds is 9. The zero-order chi connectivity index (χ0) is 23.0. The maximum absolute atomic E-state index is 6.66. The predicted molar refractivity (Wildman–Crippen MR) is 141 cm³/mol. The van der Waals surface area contributed by atoms with Crippen LogP contribution >= 0.6 is 27.5 Å². The third-order valence-electron chi connectivity index (χ3n) is 6.08. The Balaban J connectivity index is 1.52. The summed E-state index contributed by atoms with van der Waals surface area (Å²) in [6.45, 7) is 7.72. The van der Waals surface area contributed by atoms with Gasteiger partial charge in [-0.1, -0.05) is 67.1 Å². The fourth-order valence-electron chi connectivity index (χ4n) is 4.33. The lowest BCUT2D eigenvalue weighted by Crippen LogP contribution is -2.29. The SMILES string of the molecule is C=CCOc1cc(OCc2cccc(C3=CCCC=C3)c2Br)c(Cl)cc1CN1CCCCC1. The van der Waals surface area contributed by atoms with Gasteiger partial charge >= 0.3 is 0 Å².